The molecule has 0 saturated carbocycles. The lowest BCUT2D eigenvalue weighted by Crippen LogP contribution is -2.34. The number of rotatable bonds is 4. The molecule has 1 aromatic heterocycles. The fourth-order valence-electron chi connectivity index (χ4n) is 2.06. The van der Waals surface area contributed by atoms with E-state index in [0.29, 0.717) is 12.6 Å². The minimum absolute atomic E-state index is 0.296. The first-order chi connectivity index (χ1) is 6.90. The summed E-state index contributed by atoms with van der Waals surface area (Å²) in [6, 6.07) is 0.388. The molecule has 4 heteroatoms. The molecule has 4 nitrogen and oxygen atoms in total. The Balaban J connectivity index is 1.80. The van der Waals surface area contributed by atoms with E-state index in [0.717, 1.165) is 26.1 Å². The van der Waals surface area contributed by atoms with E-state index in [2.05, 4.69) is 14.5 Å². The van der Waals surface area contributed by atoms with E-state index in [4.69, 9.17) is 5.11 Å². The Bertz CT molecular complexity index is 260. The van der Waals surface area contributed by atoms with Crippen LogP contribution in [0.2, 0.25) is 0 Å². The molecular formula is C10H17N3O. The second kappa shape index (κ2) is 4.57. The molecule has 78 valence electrons. The van der Waals surface area contributed by atoms with Gasteiger partial charge in [0.05, 0.1) is 12.9 Å². The third-order valence-electron chi connectivity index (χ3n) is 2.91. The van der Waals surface area contributed by atoms with Gasteiger partial charge in [-0.25, -0.2) is 4.98 Å². The molecule has 14 heavy (non-hydrogen) atoms. The van der Waals surface area contributed by atoms with Gasteiger partial charge in [0.1, 0.15) is 0 Å². The largest absolute Gasteiger partial charge is 0.395 e. The molecule has 1 unspecified atom stereocenters. The highest BCUT2D eigenvalue weighted by Gasteiger charge is 2.22. The van der Waals surface area contributed by atoms with Gasteiger partial charge in [-0.15, -0.1) is 0 Å². The van der Waals surface area contributed by atoms with Gasteiger partial charge >= 0.3 is 0 Å². The SMILES string of the molecule is OCC1CCCN1CCn1ccnc1. The summed E-state index contributed by atoms with van der Waals surface area (Å²) < 4.78 is 2.08. The van der Waals surface area contributed by atoms with Crippen LogP contribution in [0.5, 0.6) is 0 Å². The molecule has 0 bridgehead atoms. The highest BCUT2D eigenvalue weighted by atomic mass is 16.3. The van der Waals surface area contributed by atoms with Gasteiger partial charge in [-0.1, -0.05) is 0 Å². The van der Waals surface area contributed by atoms with Crippen molar-refractivity contribution in [1.29, 1.82) is 0 Å². The van der Waals surface area contributed by atoms with Crippen LogP contribution in [0.1, 0.15) is 12.8 Å². The summed E-state index contributed by atoms with van der Waals surface area (Å²) in [6.07, 6.45) is 7.97. The van der Waals surface area contributed by atoms with Crippen LogP contribution in [0.15, 0.2) is 18.7 Å². The summed E-state index contributed by atoms with van der Waals surface area (Å²) in [5.41, 5.74) is 0. The van der Waals surface area contributed by atoms with Gasteiger partial charge in [0.2, 0.25) is 0 Å². The molecule has 1 saturated heterocycles. The molecule has 2 rings (SSSR count). The summed E-state index contributed by atoms with van der Waals surface area (Å²) in [5, 5.41) is 9.13. The summed E-state index contributed by atoms with van der Waals surface area (Å²) in [5.74, 6) is 0. The lowest BCUT2D eigenvalue weighted by Gasteiger charge is -2.22. The fourth-order valence-corrected chi connectivity index (χ4v) is 2.06. The van der Waals surface area contributed by atoms with Crippen LogP contribution in [0.4, 0.5) is 0 Å². The highest BCUT2D eigenvalue weighted by molar-refractivity contribution is 4.80. The molecule has 1 atom stereocenters. The third kappa shape index (κ3) is 2.13. The average molecular weight is 195 g/mol. The maximum absolute atomic E-state index is 9.13. The van der Waals surface area contributed by atoms with E-state index in [-0.39, 0.29) is 0 Å². The van der Waals surface area contributed by atoms with Gasteiger partial charge in [0.25, 0.3) is 0 Å². The van der Waals surface area contributed by atoms with Gasteiger partial charge in [-0.05, 0) is 19.4 Å². The topological polar surface area (TPSA) is 41.3 Å². The molecule has 0 aromatic carbocycles. The first-order valence-electron chi connectivity index (χ1n) is 5.21. The van der Waals surface area contributed by atoms with Crippen LogP contribution in [0, 0.1) is 0 Å². The molecule has 0 spiro atoms. The first kappa shape index (κ1) is 9.68. The van der Waals surface area contributed by atoms with Gasteiger partial charge in [0, 0.05) is 31.5 Å². The molecule has 0 radical (unpaired) electrons. The van der Waals surface area contributed by atoms with E-state index in [9.17, 15) is 0 Å². The van der Waals surface area contributed by atoms with Crippen molar-refractivity contribution in [3.8, 4) is 0 Å². The quantitative estimate of drug-likeness (QED) is 0.753. The number of nitrogens with zero attached hydrogens (tertiary/aromatic N) is 3. The maximum atomic E-state index is 9.13. The monoisotopic (exact) mass is 195 g/mol. The Hall–Kier alpha value is -0.870. The van der Waals surface area contributed by atoms with Crippen LogP contribution in [-0.4, -0.2) is 45.3 Å². The van der Waals surface area contributed by atoms with Crippen LogP contribution in [0.25, 0.3) is 0 Å². The number of aromatic nitrogens is 2. The number of aliphatic hydroxyl groups is 1. The molecule has 0 aliphatic carbocycles. The maximum Gasteiger partial charge on any atom is 0.0946 e. The van der Waals surface area contributed by atoms with E-state index in [1.165, 1.54) is 6.42 Å². The van der Waals surface area contributed by atoms with Gasteiger partial charge in [-0.3, -0.25) is 4.90 Å². The molecule has 0 amide bonds. The van der Waals surface area contributed by atoms with Crippen LogP contribution >= 0.6 is 0 Å². The Labute approximate surface area is 84.2 Å². The van der Waals surface area contributed by atoms with Crippen molar-refractivity contribution in [2.45, 2.75) is 25.4 Å². The van der Waals surface area contributed by atoms with Crippen molar-refractivity contribution < 1.29 is 5.11 Å². The molecule has 1 aromatic rings. The summed E-state index contributed by atoms with van der Waals surface area (Å²) in [4.78, 5) is 6.36. The zero-order valence-electron chi connectivity index (χ0n) is 8.34. The molecule has 1 aliphatic heterocycles. The minimum atomic E-state index is 0.296. The molecule has 1 aliphatic rings. The van der Waals surface area contributed by atoms with Crippen LogP contribution in [0.3, 0.4) is 0 Å². The van der Waals surface area contributed by atoms with Crippen molar-refractivity contribution in [3.05, 3.63) is 18.7 Å². The van der Waals surface area contributed by atoms with Crippen molar-refractivity contribution in [2.24, 2.45) is 0 Å². The minimum Gasteiger partial charge on any atom is -0.395 e. The van der Waals surface area contributed by atoms with E-state index < -0.39 is 0 Å². The number of imidazole rings is 1. The Morgan fingerprint density at radius 2 is 2.36 bits per heavy atom. The zero-order chi connectivity index (χ0) is 9.80. The molecule has 1 fully saturated rings. The predicted molar refractivity (Wildman–Crippen MR) is 53.9 cm³/mol. The van der Waals surface area contributed by atoms with Gasteiger partial charge < -0.3 is 9.67 Å². The first-order valence-corrected chi connectivity index (χ1v) is 5.21. The number of hydrogen-bond donors (Lipinski definition) is 1. The number of aliphatic hydroxyl groups excluding tert-OH is 1. The van der Waals surface area contributed by atoms with Crippen molar-refractivity contribution in [2.75, 3.05) is 19.7 Å². The van der Waals surface area contributed by atoms with Gasteiger partial charge in [0.15, 0.2) is 0 Å². The Morgan fingerprint density at radius 3 is 3.07 bits per heavy atom. The van der Waals surface area contributed by atoms with E-state index in [1.54, 1.807) is 6.20 Å². The lowest BCUT2D eigenvalue weighted by atomic mass is 10.2. The van der Waals surface area contributed by atoms with Gasteiger partial charge in [-0.2, -0.15) is 0 Å². The fraction of sp³-hybridized carbons (Fsp3) is 0.700. The smallest absolute Gasteiger partial charge is 0.0946 e. The number of likely N-dealkylation sites (tertiary alicyclic amines) is 1. The van der Waals surface area contributed by atoms with Crippen molar-refractivity contribution in [3.63, 3.8) is 0 Å². The average Bonchev–Trinajstić information content (AvgIpc) is 2.85. The molecule has 2 heterocycles. The van der Waals surface area contributed by atoms with Crippen LogP contribution < -0.4 is 0 Å². The van der Waals surface area contributed by atoms with E-state index >= 15 is 0 Å². The number of hydrogen-bond acceptors (Lipinski definition) is 3. The second-order valence-corrected chi connectivity index (χ2v) is 3.82. The normalized spacial score (nSPS) is 23.1. The lowest BCUT2D eigenvalue weighted by molar-refractivity contribution is 0.155. The van der Waals surface area contributed by atoms with Crippen LogP contribution in [-0.2, 0) is 6.54 Å². The summed E-state index contributed by atoms with van der Waals surface area (Å²) in [6.45, 7) is 3.40. The molecule has 1 N–H and O–H groups in total. The zero-order valence-corrected chi connectivity index (χ0v) is 8.34. The Kier molecular flexibility index (Phi) is 3.16. The van der Waals surface area contributed by atoms with Crippen molar-refractivity contribution in [1.82, 2.24) is 14.5 Å². The molecular weight excluding hydrogens is 178 g/mol. The predicted octanol–water partition coefficient (Wildman–Crippen LogP) is 0.340. The summed E-state index contributed by atoms with van der Waals surface area (Å²) >= 11 is 0. The van der Waals surface area contributed by atoms with E-state index in [1.807, 2.05) is 12.5 Å². The standard InChI is InChI=1S/C10H17N3O/c14-8-10-2-1-4-13(10)7-6-12-5-3-11-9-12/h3,5,9-10,14H,1-2,4,6-8H2. The second-order valence-electron chi connectivity index (χ2n) is 3.82. The third-order valence-corrected chi connectivity index (χ3v) is 2.91. The highest BCUT2D eigenvalue weighted by Crippen LogP contribution is 2.15. The van der Waals surface area contributed by atoms with Crippen molar-refractivity contribution >= 4 is 0 Å². The Morgan fingerprint density at radius 1 is 1.43 bits per heavy atom. The summed E-state index contributed by atoms with van der Waals surface area (Å²) in [7, 11) is 0.